The highest BCUT2D eigenvalue weighted by Gasteiger charge is 2.30. The number of fused-ring (bicyclic) bond motifs is 8. The molecule has 2 aromatic heterocycles. The second-order valence-electron chi connectivity index (χ2n) is 12.1. The average molecular weight is 633 g/mol. The smallest absolute Gasteiger partial charge is 0.172 e. The van der Waals surface area contributed by atoms with Crippen LogP contribution in [0.25, 0.3) is 65.6 Å². The van der Waals surface area contributed by atoms with Gasteiger partial charge in [0.2, 0.25) is 0 Å². The van der Waals surface area contributed by atoms with Crippen molar-refractivity contribution in [3.8, 4) is 22.4 Å². The van der Waals surface area contributed by atoms with E-state index < -0.39 is 7.14 Å². The Labute approximate surface area is 278 Å². The highest BCUT2D eigenvalue weighted by Crippen LogP contribution is 2.44. The predicted octanol–water partition coefficient (Wildman–Crippen LogP) is 10.1. The predicted molar refractivity (Wildman–Crippen MR) is 202 cm³/mol. The van der Waals surface area contributed by atoms with E-state index in [1.807, 2.05) is 72.9 Å². The number of hydrogen-bond acceptors (Lipinski definition) is 3. The van der Waals surface area contributed by atoms with Crippen molar-refractivity contribution in [2.24, 2.45) is 0 Å². The Kier molecular flexibility index (Phi) is 6.74. The molecule has 3 nitrogen and oxygen atoms in total. The van der Waals surface area contributed by atoms with E-state index in [0.29, 0.717) is 5.30 Å². The fourth-order valence-corrected chi connectivity index (χ4v) is 9.75. The summed E-state index contributed by atoms with van der Waals surface area (Å²) in [7, 11) is -3.19. The van der Waals surface area contributed by atoms with Crippen molar-refractivity contribution in [3.05, 3.63) is 176 Å². The highest BCUT2D eigenvalue weighted by molar-refractivity contribution is 7.85. The Balaban J connectivity index is 1.32. The first-order valence-electron chi connectivity index (χ1n) is 16.1. The van der Waals surface area contributed by atoms with Gasteiger partial charge in [-0.1, -0.05) is 152 Å². The molecule has 0 saturated heterocycles. The van der Waals surface area contributed by atoms with Crippen LogP contribution in [0.5, 0.6) is 0 Å². The van der Waals surface area contributed by atoms with Crippen molar-refractivity contribution in [3.63, 3.8) is 0 Å². The van der Waals surface area contributed by atoms with Gasteiger partial charge in [0.1, 0.15) is 0 Å². The van der Waals surface area contributed by atoms with Crippen LogP contribution in [-0.2, 0) is 4.57 Å². The van der Waals surface area contributed by atoms with Crippen LogP contribution in [0.15, 0.2) is 176 Å². The summed E-state index contributed by atoms with van der Waals surface area (Å²) in [5, 5.41) is 10.4. The maximum atomic E-state index is 15.2. The van der Waals surface area contributed by atoms with Crippen molar-refractivity contribution in [1.82, 2.24) is 9.97 Å². The summed E-state index contributed by atoms with van der Waals surface area (Å²) in [6.07, 6.45) is 3.62. The summed E-state index contributed by atoms with van der Waals surface area (Å²) in [6.45, 7) is 0. The maximum Gasteiger partial charge on any atom is 0.172 e. The third kappa shape index (κ3) is 4.47. The van der Waals surface area contributed by atoms with E-state index in [9.17, 15) is 0 Å². The van der Waals surface area contributed by atoms with Gasteiger partial charge >= 0.3 is 0 Å². The van der Waals surface area contributed by atoms with Crippen molar-refractivity contribution in [2.45, 2.75) is 0 Å². The number of pyridine rings is 2. The van der Waals surface area contributed by atoms with Gasteiger partial charge in [-0.3, -0.25) is 4.98 Å². The van der Waals surface area contributed by atoms with Crippen LogP contribution in [0.1, 0.15) is 0 Å². The number of benzene rings is 7. The van der Waals surface area contributed by atoms with E-state index in [1.165, 1.54) is 16.2 Å². The number of aromatic nitrogens is 2. The van der Waals surface area contributed by atoms with Crippen LogP contribution in [0.4, 0.5) is 0 Å². The topological polar surface area (TPSA) is 42.9 Å². The van der Waals surface area contributed by atoms with Gasteiger partial charge in [-0.2, -0.15) is 0 Å². The minimum atomic E-state index is -3.19. The molecule has 9 rings (SSSR count). The molecule has 0 fully saturated rings. The van der Waals surface area contributed by atoms with Gasteiger partial charge in [-0.05, 0) is 39.2 Å². The Morgan fingerprint density at radius 1 is 0.396 bits per heavy atom. The fourth-order valence-electron chi connectivity index (χ4n) is 7.12. The van der Waals surface area contributed by atoms with E-state index in [2.05, 4.69) is 102 Å². The number of rotatable bonds is 5. The standard InChI is InChI=1S/C44H29N2OP/c47-48(33-16-6-2-7-17-33,34-18-8-3-9-19-34)35-26-32(28-45-29-35)31-24-25-39-41(27-31)43(30-14-4-1-5-15-30)46-44-40-23-13-11-21-37(40)36-20-10-12-22-38(36)42(39)44/h1-29H. The molecule has 0 spiro atoms. The van der Waals surface area contributed by atoms with E-state index in [4.69, 9.17) is 4.98 Å². The molecular formula is C44H29N2OP. The molecule has 0 N–H and O–H groups in total. The minimum Gasteiger partial charge on any atom is -0.309 e. The molecule has 4 heteroatoms. The average Bonchev–Trinajstić information content (AvgIpc) is 3.18. The second kappa shape index (κ2) is 11.4. The summed E-state index contributed by atoms with van der Waals surface area (Å²) in [5.41, 5.74) is 4.89. The molecule has 226 valence electrons. The molecule has 0 unspecified atom stereocenters. The lowest BCUT2D eigenvalue weighted by Gasteiger charge is -2.20. The summed E-state index contributed by atoms with van der Waals surface area (Å²) < 4.78 is 15.2. The van der Waals surface area contributed by atoms with Gasteiger partial charge in [0.05, 0.1) is 11.2 Å². The largest absolute Gasteiger partial charge is 0.309 e. The van der Waals surface area contributed by atoms with Gasteiger partial charge in [-0.15, -0.1) is 0 Å². The van der Waals surface area contributed by atoms with Crippen molar-refractivity contribution < 1.29 is 4.57 Å². The van der Waals surface area contributed by atoms with Crippen molar-refractivity contribution >= 4 is 66.3 Å². The first-order valence-corrected chi connectivity index (χ1v) is 17.8. The zero-order valence-electron chi connectivity index (χ0n) is 26.0. The molecule has 7 aromatic carbocycles. The van der Waals surface area contributed by atoms with Crippen LogP contribution in [-0.4, -0.2) is 9.97 Å². The number of nitrogens with zero attached hydrogens (tertiary/aromatic N) is 2. The minimum absolute atomic E-state index is 0.704. The Morgan fingerprint density at radius 2 is 0.938 bits per heavy atom. The zero-order chi connectivity index (χ0) is 32.1. The monoisotopic (exact) mass is 632 g/mol. The molecule has 0 amide bonds. The fraction of sp³-hybridized carbons (Fsp3) is 0. The quantitative estimate of drug-likeness (QED) is 0.140. The lowest BCUT2D eigenvalue weighted by Crippen LogP contribution is -2.25. The summed E-state index contributed by atoms with van der Waals surface area (Å²) >= 11 is 0. The molecule has 0 radical (unpaired) electrons. The summed E-state index contributed by atoms with van der Waals surface area (Å²) in [5.74, 6) is 0. The van der Waals surface area contributed by atoms with Crippen LogP contribution >= 0.6 is 7.14 Å². The second-order valence-corrected chi connectivity index (χ2v) is 14.9. The lowest BCUT2D eigenvalue weighted by molar-refractivity contribution is 0.592. The Morgan fingerprint density at radius 3 is 1.60 bits per heavy atom. The molecule has 9 aromatic rings. The van der Waals surface area contributed by atoms with Crippen LogP contribution in [0, 0.1) is 0 Å². The van der Waals surface area contributed by atoms with E-state index in [0.717, 1.165) is 60.1 Å². The third-order valence-corrected chi connectivity index (χ3v) is 12.4. The molecule has 2 heterocycles. The highest BCUT2D eigenvalue weighted by atomic mass is 31.2. The molecule has 0 saturated carbocycles. The molecule has 0 aliphatic carbocycles. The van der Waals surface area contributed by atoms with Crippen LogP contribution in [0.3, 0.4) is 0 Å². The third-order valence-electron chi connectivity index (χ3n) is 9.38. The first kappa shape index (κ1) is 28.3. The number of hydrogen-bond donors (Lipinski definition) is 0. The molecule has 0 atom stereocenters. The van der Waals surface area contributed by atoms with Gasteiger partial charge in [0.25, 0.3) is 0 Å². The Hall–Kier alpha value is -5.89. The first-order chi connectivity index (χ1) is 23.7. The maximum absolute atomic E-state index is 15.2. The molecule has 0 bridgehead atoms. The Bertz CT molecular complexity index is 2650. The molecule has 0 aliphatic heterocycles. The molecular weight excluding hydrogens is 603 g/mol. The zero-order valence-corrected chi connectivity index (χ0v) is 26.9. The van der Waals surface area contributed by atoms with Crippen LogP contribution < -0.4 is 15.9 Å². The normalized spacial score (nSPS) is 11.8. The van der Waals surface area contributed by atoms with E-state index in [1.54, 1.807) is 6.20 Å². The van der Waals surface area contributed by atoms with Gasteiger partial charge in [-0.25, -0.2) is 4.98 Å². The van der Waals surface area contributed by atoms with Crippen molar-refractivity contribution in [1.29, 1.82) is 0 Å². The van der Waals surface area contributed by atoms with E-state index in [-0.39, 0.29) is 0 Å². The van der Waals surface area contributed by atoms with Crippen LogP contribution in [0.2, 0.25) is 0 Å². The van der Waals surface area contributed by atoms with E-state index >= 15 is 4.57 Å². The molecule has 0 aliphatic rings. The van der Waals surface area contributed by atoms with Gasteiger partial charge < -0.3 is 4.57 Å². The SMILES string of the molecule is O=P(c1ccccc1)(c1ccccc1)c1cncc(-c2ccc3c(c2)c(-c2ccccc2)nc2c4ccccc4c4ccccc4c32)c1. The van der Waals surface area contributed by atoms with Crippen molar-refractivity contribution in [2.75, 3.05) is 0 Å². The van der Waals surface area contributed by atoms with Gasteiger partial charge in [0, 0.05) is 55.6 Å². The molecule has 48 heavy (non-hydrogen) atoms. The van der Waals surface area contributed by atoms with Gasteiger partial charge in [0.15, 0.2) is 7.14 Å². The summed E-state index contributed by atoms with van der Waals surface area (Å²) in [6, 6.07) is 55.8. The lowest BCUT2D eigenvalue weighted by atomic mass is 9.91. The summed E-state index contributed by atoms with van der Waals surface area (Å²) in [4.78, 5) is 10.1.